The van der Waals surface area contributed by atoms with Crippen molar-refractivity contribution in [3.05, 3.63) is 39.9 Å². The summed E-state index contributed by atoms with van der Waals surface area (Å²) < 4.78 is 0. The van der Waals surface area contributed by atoms with Crippen molar-refractivity contribution in [1.29, 1.82) is 0 Å². The molecule has 16 heavy (non-hydrogen) atoms. The zero-order valence-electron chi connectivity index (χ0n) is 9.80. The Balaban J connectivity index is 3.02. The van der Waals surface area contributed by atoms with Crippen LogP contribution in [0.15, 0.2) is 24.3 Å². The third-order valence-electron chi connectivity index (χ3n) is 2.97. The first-order valence-corrected chi connectivity index (χ1v) is 5.25. The topological polar surface area (TPSA) is 63.4 Å². The lowest BCUT2D eigenvalue weighted by Crippen LogP contribution is -2.29. The van der Waals surface area contributed by atoms with E-state index in [1.165, 1.54) is 6.07 Å². The van der Waals surface area contributed by atoms with E-state index in [2.05, 4.69) is 0 Å². The third-order valence-corrected chi connectivity index (χ3v) is 2.97. The van der Waals surface area contributed by atoms with Crippen LogP contribution in [0, 0.1) is 15.5 Å². The second-order valence-corrected chi connectivity index (χ2v) is 4.73. The van der Waals surface area contributed by atoms with E-state index in [1.54, 1.807) is 25.1 Å². The van der Waals surface area contributed by atoms with Crippen LogP contribution in [-0.4, -0.2) is 16.1 Å². The average molecular weight is 223 g/mol. The molecular formula is C12H17NO3. The number of para-hydroxylation sites is 1. The summed E-state index contributed by atoms with van der Waals surface area (Å²) in [6.07, 6.45) is -0.0192. The van der Waals surface area contributed by atoms with E-state index in [9.17, 15) is 15.2 Å². The molecule has 0 fully saturated rings. The lowest BCUT2D eigenvalue weighted by atomic mass is 9.81. The summed E-state index contributed by atoms with van der Waals surface area (Å²) in [5.41, 5.74) is 0.418. The highest BCUT2D eigenvalue weighted by molar-refractivity contribution is 5.40. The highest BCUT2D eigenvalue weighted by atomic mass is 16.6. The summed E-state index contributed by atoms with van der Waals surface area (Å²) in [6.45, 7) is 5.50. The number of benzene rings is 1. The number of nitro benzene ring substituents is 1. The summed E-state index contributed by atoms with van der Waals surface area (Å²) in [6, 6.07) is 6.66. The maximum Gasteiger partial charge on any atom is 0.272 e. The zero-order chi connectivity index (χ0) is 12.3. The number of hydrogen-bond acceptors (Lipinski definition) is 3. The summed E-state index contributed by atoms with van der Waals surface area (Å²) >= 11 is 0. The Hall–Kier alpha value is -1.42. The predicted octanol–water partition coefficient (Wildman–Crippen LogP) is 2.54. The van der Waals surface area contributed by atoms with Crippen molar-refractivity contribution >= 4 is 5.69 Å². The number of aliphatic hydroxyl groups excluding tert-OH is 1. The smallest absolute Gasteiger partial charge is 0.272 e. The van der Waals surface area contributed by atoms with E-state index in [1.807, 2.05) is 13.8 Å². The highest BCUT2D eigenvalue weighted by Crippen LogP contribution is 2.30. The fourth-order valence-electron chi connectivity index (χ4n) is 1.48. The molecule has 88 valence electrons. The van der Waals surface area contributed by atoms with Crippen LogP contribution in [0.25, 0.3) is 0 Å². The maximum absolute atomic E-state index is 10.8. The molecule has 0 aromatic heterocycles. The van der Waals surface area contributed by atoms with Crippen LogP contribution in [0.1, 0.15) is 26.3 Å². The Morgan fingerprint density at radius 1 is 1.44 bits per heavy atom. The van der Waals surface area contributed by atoms with Crippen LogP contribution in [0.5, 0.6) is 0 Å². The number of nitro groups is 1. The average Bonchev–Trinajstić information content (AvgIpc) is 2.17. The molecule has 1 rings (SSSR count). The van der Waals surface area contributed by atoms with Gasteiger partial charge in [0, 0.05) is 11.6 Å². The molecule has 0 bridgehead atoms. The molecule has 1 atom stereocenters. The molecule has 0 saturated heterocycles. The Morgan fingerprint density at radius 2 is 2.00 bits per heavy atom. The Kier molecular flexibility index (Phi) is 3.65. The number of hydrogen-bond donors (Lipinski definition) is 1. The van der Waals surface area contributed by atoms with Gasteiger partial charge in [-0.3, -0.25) is 10.1 Å². The fraction of sp³-hybridized carbons (Fsp3) is 0.500. The van der Waals surface area contributed by atoms with Crippen molar-refractivity contribution in [2.45, 2.75) is 33.3 Å². The molecule has 1 aromatic carbocycles. The summed E-state index contributed by atoms with van der Waals surface area (Å²) in [7, 11) is 0. The third kappa shape index (κ3) is 2.79. The molecule has 1 unspecified atom stereocenters. The Morgan fingerprint density at radius 3 is 2.50 bits per heavy atom. The van der Waals surface area contributed by atoms with Crippen LogP contribution < -0.4 is 0 Å². The minimum absolute atomic E-state index is 0.122. The van der Waals surface area contributed by atoms with Crippen molar-refractivity contribution in [3.63, 3.8) is 0 Å². The van der Waals surface area contributed by atoms with E-state index in [0.717, 1.165) is 0 Å². The van der Waals surface area contributed by atoms with Gasteiger partial charge in [0.1, 0.15) is 0 Å². The first kappa shape index (κ1) is 12.6. The van der Waals surface area contributed by atoms with Gasteiger partial charge in [-0.15, -0.1) is 0 Å². The molecule has 0 saturated carbocycles. The highest BCUT2D eigenvalue weighted by Gasteiger charge is 2.27. The van der Waals surface area contributed by atoms with Gasteiger partial charge >= 0.3 is 0 Å². The minimum Gasteiger partial charge on any atom is -0.393 e. The molecule has 0 heterocycles. The standard InChI is InChI=1S/C12H17NO3/c1-9(14)12(2,3)8-10-6-4-5-7-11(10)13(15)16/h4-7,9,14H,8H2,1-3H3. The van der Waals surface area contributed by atoms with Crippen molar-refractivity contribution in [1.82, 2.24) is 0 Å². The van der Waals surface area contributed by atoms with Crippen LogP contribution in [0.2, 0.25) is 0 Å². The molecule has 0 amide bonds. The molecule has 1 N–H and O–H groups in total. The quantitative estimate of drug-likeness (QED) is 0.630. The monoisotopic (exact) mass is 223 g/mol. The Labute approximate surface area is 95.1 Å². The van der Waals surface area contributed by atoms with Gasteiger partial charge in [-0.2, -0.15) is 0 Å². The van der Waals surface area contributed by atoms with Crippen LogP contribution in [-0.2, 0) is 6.42 Å². The second-order valence-electron chi connectivity index (χ2n) is 4.73. The summed E-state index contributed by atoms with van der Waals surface area (Å²) in [5.74, 6) is 0. The summed E-state index contributed by atoms with van der Waals surface area (Å²) in [4.78, 5) is 10.4. The number of rotatable bonds is 4. The van der Waals surface area contributed by atoms with Gasteiger partial charge in [-0.1, -0.05) is 32.0 Å². The molecule has 0 aliphatic carbocycles. The lowest BCUT2D eigenvalue weighted by Gasteiger charge is -2.27. The lowest BCUT2D eigenvalue weighted by molar-refractivity contribution is -0.385. The fourth-order valence-corrected chi connectivity index (χ4v) is 1.48. The number of aliphatic hydroxyl groups is 1. The molecule has 0 radical (unpaired) electrons. The van der Waals surface area contributed by atoms with E-state index in [0.29, 0.717) is 12.0 Å². The molecule has 1 aromatic rings. The van der Waals surface area contributed by atoms with E-state index in [4.69, 9.17) is 0 Å². The van der Waals surface area contributed by atoms with E-state index in [-0.39, 0.29) is 16.0 Å². The maximum atomic E-state index is 10.8. The van der Waals surface area contributed by atoms with Crippen molar-refractivity contribution in [2.24, 2.45) is 5.41 Å². The first-order valence-electron chi connectivity index (χ1n) is 5.25. The first-order chi connectivity index (χ1) is 7.34. The largest absolute Gasteiger partial charge is 0.393 e. The second kappa shape index (κ2) is 4.61. The van der Waals surface area contributed by atoms with Gasteiger partial charge in [0.05, 0.1) is 11.0 Å². The predicted molar refractivity (Wildman–Crippen MR) is 62.3 cm³/mol. The van der Waals surface area contributed by atoms with Gasteiger partial charge in [-0.05, 0) is 18.8 Å². The molecule has 4 nitrogen and oxygen atoms in total. The van der Waals surface area contributed by atoms with Gasteiger partial charge in [-0.25, -0.2) is 0 Å². The van der Waals surface area contributed by atoms with Crippen LogP contribution in [0.4, 0.5) is 5.69 Å². The van der Waals surface area contributed by atoms with Gasteiger partial charge < -0.3 is 5.11 Å². The normalized spacial score (nSPS) is 13.5. The van der Waals surface area contributed by atoms with Crippen molar-refractivity contribution in [3.8, 4) is 0 Å². The van der Waals surface area contributed by atoms with Crippen LogP contribution >= 0.6 is 0 Å². The van der Waals surface area contributed by atoms with Crippen molar-refractivity contribution < 1.29 is 10.0 Å². The SMILES string of the molecule is CC(O)C(C)(C)Cc1ccccc1[N+](=O)[O-]. The zero-order valence-corrected chi connectivity index (χ0v) is 9.80. The van der Waals surface area contributed by atoms with Gasteiger partial charge in [0.15, 0.2) is 0 Å². The molecule has 0 aliphatic heterocycles. The molecule has 0 aliphatic rings. The van der Waals surface area contributed by atoms with E-state index < -0.39 is 6.10 Å². The Bertz CT molecular complexity index is 386. The van der Waals surface area contributed by atoms with E-state index >= 15 is 0 Å². The molecule has 0 spiro atoms. The molecular weight excluding hydrogens is 206 g/mol. The molecule has 4 heteroatoms. The number of nitrogens with zero attached hydrogens (tertiary/aromatic N) is 1. The minimum atomic E-state index is -0.507. The summed E-state index contributed by atoms with van der Waals surface area (Å²) in [5, 5.41) is 20.4. The van der Waals surface area contributed by atoms with Gasteiger partial charge in [0.2, 0.25) is 0 Å². The van der Waals surface area contributed by atoms with Crippen molar-refractivity contribution in [2.75, 3.05) is 0 Å². The van der Waals surface area contributed by atoms with Gasteiger partial charge in [0.25, 0.3) is 5.69 Å². The van der Waals surface area contributed by atoms with Crippen LogP contribution in [0.3, 0.4) is 0 Å².